The van der Waals surface area contributed by atoms with Gasteiger partial charge < -0.3 is 9.64 Å². The maximum absolute atomic E-state index is 12.8. The van der Waals surface area contributed by atoms with Crippen LogP contribution in [0.2, 0.25) is 5.02 Å². The third-order valence-corrected chi connectivity index (χ3v) is 5.90. The molecular weight excluding hydrogens is 370 g/mol. The molecule has 1 heterocycles. The van der Waals surface area contributed by atoms with Gasteiger partial charge in [-0.2, -0.15) is 11.8 Å². The van der Waals surface area contributed by atoms with E-state index in [0.717, 1.165) is 22.8 Å². The first-order valence-electron chi connectivity index (χ1n) is 8.48. The van der Waals surface area contributed by atoms with E-state index >= 15 is 0 Å². The van der Waals surface area contributed by atoms with Gasteiger partial charge in [-0.1, -0.05) is 29.8 Å². The van der Waals surface area contributed by atoms with Crippen molar-refractivity contribution in [1.82, 2.24) is 4.90 Å². The van der Waals surface area contributed by atoms with Crippen LogP contribution in [-0.4, -0.2) is 35.6 Å². The van der Waals surface area contributed by atoms with Gasteiger partial charge in [-0.25, -0.2) is 0 Å². The van der Waals surface area contributed by atoms with Gasteiger partial charge in [0, 0.05) is 41.6 Å². The van der Waals surface area contributed by atoms with E-state index in [1.165, 1.54) is 6.92 Å². The molecule has 0 N–H and O–H groups in total. The molecule has 1 fully saturated rings. The summed E-state index contributed by atoms with van der Waals surface area (Å²) in [6, 6.07) is 14.6. The Kier molecular flexibility index (Phi) is 6.22. The van der Waals surface area contributed by atoms with E-state index < -0.39 is 0 Å². The van der Waals surface area contributed by atoms with Gasteiger partial charge in [0.05, 0.1) is 0 Å². The monoisotopic (exact) mass is 389 g/mol. The quantitative estimate of drug-likeness (QED) is 0.569. The first-order chi connectivity index (χ1) is 12.5. The van der Waals surface area contributed by atoms with Gasteiger partial charge in [0.1, 0.15) is 5.75 Å². The Morgan fingerprint density at radius 3 is 2.54 bits per heavy atom. The zero-order valence-electron chi connectivity index (χ0n) is 14.5. The molecule has 136 valence electrons. The summed E-state index contributed by atoms with van der Waals surface area (Å²) in [6.45, 7) is 2.74. The van der Waals surface area contributed by atoms with Crippen LogP contribution in [-0.2, 0) is 4.79 Å². The zero-order chi connectivity index (χ0) is 18.5. The smallest absolute Gasteiger partial charge is 0.308 e. The van der Waals surface area contributed by atoms with Crippen LogP contribution in [0, 0.1) is 0 Å². The largest absolute Gasteiger partial charge is 0.427 e. The number of halogens is 1. The summed E-state index contributed by atoms with van der Waals surface area (Å²) < 4.78 is 5.01. The molecule has 0 spiro atoms. The number of nitrogens with zero attached hydrogens (tertiary/aromatic N) is 1. The molecular formula is C20H20ClNO3S. The summed E-state index contributed by atoms with van der Waals surface area (Å²) in [5.74, 6) is 0.936. The summed E-state index contributed by atoms with van der Waals surface area (Å²) in [5.41, 5.74) is 1.74. The summed E-state index contributed by atoms with van der Waals surface area (Å²) >= 11 is 8.17. The van der Waals surface area contributed by atoms with Gasteiger partial charge in [-0.05, 0) is 42.3 Å². The van der Waals surface area contributed by atoms with Crippen molar-refractivity contribution in [3.8, 4) is 5.75 Å². The minimum Gasteiger partial charge on any atom is -0.427 e. The molecule has 6 heteroatoms. The molecule has 4 nitrogen and oxygen atoms in total. The van der Waals surface area contributed by atoms with Crippen LogP contribution in [0.1, 0.15) is 34.5 Å². The summed E-state index contributed by atoms with van der Waals surface area (Å²) in [6.07, 6.45) is 0.867. The number of rotatable bonds is 3. The molecule has 0 saturated carbocycles. The Morgan fingerprint density at radius 2 is 1.85 bits per heavy atom. The minimum atomic E-state index is -0.376. The average molecular weight is 390 g/mol. The molecule has 2 aromatic carbocycles. The molecule has 0 aromatic heterocycles. The molecule has 1 saturated heterocycles. The Balaban J connectivity index is 1.66. The standard InChI is InChI=1S/C20H20ClNO3S/c1-14(23)25-16-8-6-15(7-9-16)20(24)22-11-10-19(26-13-12-22)17-4-2-3-5-18(17)21/h2-9,19H,10-13H2,1H3/t19-/m0/s1. The Morgan fingerprint density at radius 1 is 1.12 bits per heavy atom. The van der Waals surface area contributed by atoms with Crippen molar-refractivity contribution in [1.29, 1.82) is 0 Å². The topological polar surface area (TPSA) is 46.6 Å². The van der Waals surface area contributed by atoms with Crippen LogP contribution in [0.25, 0.3) is 0 Å². The molecule has 1 aliphatic rings. The Labute approximate surface area is 162 Å². The Bertz CT molecular complexity index is 794. The van der Waals surface area contributed by atoms with Crippen LogP contribution < -0.4 is 4.74 Å². The highest BCUT2D eigenvalue weighted by atomic mass is 35.5. The molecule has 0 bridgehead atoms. The van der Waals surface area contributed by atoms with Crippen molar-refractivity contribution in [2.75, 3.05) is 18.8 Å². The lowest BCUT2D eigenvalue weighted by Crippen LogP contribution is -2.32. The van der Waals surface area contributed by atoms with E-state index in [1.807, 2.05) is 34.9 Å². The van der Waals surface area contributed by atoms with E-state index in [1.54, 1.807) is 24.3 Å². The van der Waals surface area contributed by atoms with Crippen molar-refractivity contribution in [3.63, 3.8) is 0 Å². The molecule has 0 unspecified atom stereocenters. The lowest BCUT2D eigenvalue weighted by Gasteiger charge is -2.20. The summed E-state index contributed by atoms with van der Waals surface area (Å²) in [7, 11) is 0. The van der Waals surface area contributed by atoms with E-state index in [0.29, 0.717) is 29.7 Å². The maximum atomic E-state index is 12.8. The molecule has 26 heavy (non-hydrogen) atoms. The minimum absolute atomic E-state index is 0.000200. The number of esters is 1. The van der Waals surface area contributed by atoms with E-state index in [4.69, 9.17) is 16.3 Å². The van der Waals surface area contributed by atoms with E-state index in [2.05, 4.69) is 6.07 Å². The van der Waals surface area contributed by atoms with Gasteiger partial charge in [0.15, 0.2) is 0 Å². The summed E-state index contributed by atoms with van der Waals surface area (Å²) in [4.78, 5) is 25.6. The highest BCUT2D eigenvalue weighted by molar-refractivity contribution is 7.99. The van der Waals surface area contributed by atoms with Crippen molar-refractivity contribution in [2.24, 2.45) is 0 Å². The van der Waals surface area contributed by atoms with Crippen molar-refractivity contribution in [2.45, 2.75) is 18.6 Å². The Hall–Kier alpha value is -1.98. The molecule has 0 radical (unpaired) electrons. The highest BCUT2D eigenvalue weighted by Gasteiger charge is 2.24. The fraction of sp³-hybridized carbons (Fsp3) is 0.300. The lowest BCUT2D eigenvalue weighted by molar-refractivity contribution is -0.131. The van der Waals surface area contributed by atoms with Gasteiger partial charge in [-0.3, -0.25) is 9.59 Å². The number of amides is 1. The fourth-order valence-electron chi connectivity index (χ4n) is 2.97. The maximum Gasteiger partial charge on any atom is 0.308 e. The van der Waals surface area contributed by atoms with Crippen LogP contribution in [0.3, 0.4) is 0 Å². The second-order valence-corrected chi connectivity index (χ2v) is 7.80. The van der Waals surface area contributed by atoms with Gasteiger partial charge in [0.2, 0.25) is 0 Å². The first-order valence-corrected chi connectivity index (χ1v) is 9.91. The zero-order valence-corrected chi connectivity index (χ0v) is 16.1. The number of carbonyl (C=O) groups is 2. The van der Waals surface area contributed by atoms with Gasteiger partial charge in [0.25, 0.3) is 5.91 Å². The number of hydrogen-bond acceptors (Lipinski definition) is 4. The van der Waals surface area contributed by atoms with Crippen LogP contribution in [0.4, 0.5) is 0 Å². The second-order valence-electron chi connectivity index (χ2n) is 6.08. The first kappa shape index (κ1) is 18.8. The predicted octanol–water partition coefficient (Wildman–Crippen LogP) is 4.59. The molecule has 1 atom stereocenters. The summed E-state index contributed by atoms with van der Waals surface area (Å²) in [5, 5.41) is 1.08. The van der Waals surface area contributed by atoms with Gasteiger partial charge >= 0.3 is 5.97 Å². The number of ether oxygens (including phenoxy) is 1. The van der Waals surface area contributed by atoms with Crippen LogP contribution in [0.5, 0.6) is 5.75 Å². The lowest BCUT2D eigenvalue weighted by atomic mass is 10.1. The third-order valence-electron chi connectivity index (χ3n) is 4.24. The number of hydrogen-bond donors (Lipinski definition) is 0. The second kappa shape index (κ2) is 8.60. The van der Waals surface area contributed by atoms with E-state index in [-0.39, 0.29) is 11.9 Å². The van der Waals surface area contributed by atoms with Crippen LogP contribution in [0.15, 0.2) is 48.5 Å². The SMILES string of the molecule is CC(=O)Oc1ccc(C(=O)N2CCS[C@H](c3ccccc3Cl)CC2)cc1. The molecule has 3 rings (SSSR count). The number of carbonyl (C=O) groups excluding carboxylic acids is 2. The molecule has 1 amide bonds. The van der Waals surface area contributed by atoms with Crippen molar-refractivity contribution >= 4 is 35.2 Å². The van der Waals surface area contributed by atoms with Crippen molar-refractivity contribution in [3.05, 3.63) is 64.7 Å². The molecule has 0 aliphatic carbocycles. The van der Waals surface area contributed by atoms with Gasteiger partial charge in [-0.15, -0.1) is 0 Å². The number of benzene rings is 2. The third kappa shape index (κ3) is 4.59. The van der Waals surface area contributed by atoms with E-state index in [9.17, 15) is 9.59 Å². The highest BCUT2D eigenvalue weighted by Crippen LogP contribution is 2.38. The average Bonchev–Trinajstić information content (AvgIpc) is 2.88. The molecule has 2 aromatic rings. The predicted molar refractivity (Wildman–Crippen MR) is 105 cm³/mol. The normalized spacial score (nSPS) is 17.5. The number of thioether (sulfide) groups is 1. The molecule has 1 aliphatic heterocycles. The van der Waals surface area contributed by atoms with Crippen LogP contribution >= 0.6 is 23.4 Å². The fourth-order valence-corrected chi connectivity index (χ4v) is 4.57. The van der Waals surface area contributed by atoms with Crippen molar-refractivity contribution < 1.29 is 14.3 Å².